The summed E-state index contributed by atoms with van der Waals surface area (Å²) in [5.41, 5.74) is 0.478. The van der Waals surface area contributed by atoms with E-state index in [1.807, 2.05) is 0 Å². The molecule has 0 aromatic rings. The van der Waals surface area contributed by atoms with E-state index in [-0.39, 0.29) is 17.1 Å². The molecule has 0 bridgehead atoms. The molecule has 20 heavy (non-hydrogen) atoms. The molecule has 0 spiro atoms. The summed E-state index contributed by atoms with van der Waals surface area (Å²) >= 11 is 0. The molecule has 3 fully saturated rings. The average Bonchev–Trinajstić information content (AvgIpc) is 2.76. The molecule has 2 aliphatic carbocycles. The zero-order valence-electron chi connectivity index (χ0n) is 14.4. The van der Waals surface area contributed by atoms with Gasteiger partial charge in [-0.3, -0.25) is 0 Å². The minimum Gasteiger partial charge on any atom is -0.344 e. The van der Waals surface area contributed by atoms with Crippen LogP contribution in [0.1, 0.15) is 74.1 Å². The van der Waals surface area contributed by atoms with Crippen LogP contribution in [0.4, 0.5) is 0 Å². The molecular formula is C18H32O2. The SMILES string of the molecule is CC[C@]12C[C@@H]3OC(C)(C)O[C@]3(C)C(C)(C)[C@@H]1CC[C@@H]2C. The van der Waals surface area contributed by atoms with Gasteiger partial charge >= 0.3 is 0 Å². The van der Waals surface area contributed by atoms with Gasteiger partial charge in [-0.2, -0.15) is 0 Å². The molecular weight excluding hydrogens is 248 g/mol. The predicted molar refractivity (Wildman–Crippen MR) is 81.5 cm³/mol. The lowest BCUT2D eigenvalue weighted by atomic mass is 9.48. The van der Waals surface area contributed by atoms with E-state index in [0.717, 1.165) is 11.8 Å². The first-order chi connectivity index (χ1) is 9.09. The molecule has 3 aliphatic rings. The third kappa shape index (κ3) is 1.58. The Morgan fingerprint density at radius 3 is 2.30 bits per heavy atom. The molecule has 0 radical (unpaired) electrons. The van der Waals surface area contributed by atoms with Gasteiger partial charge in [0.25, 0.3) is 0 Å². The smallest absolute Gasteiger partial charge is 0.164 e. The van der Waals surface area contributed by atoms with Crippen LogP contribution in [-0.4, -0.2) is 17.5 Å². The van der Waals surface area contributed by atoms with Crippen LogP contribution in [-0.2, 0) is 9.47 Å². The maximum Gasteiger partial charge on any atom is 0.164 e. The average molecular weight is 280 g/mol. The van der Waals surface area contributed by atoms with Crippen molar-refractivity contribution in [3.05, 3.63) is 0 Å². The first-order valence-electron chi connectivity index (χ1n) is 8.47. The van der Waals surface area contributed by atoms with E-state index in [4.69, 9.17) is 9.47 Å². The molecule has 1 aliphatic heterocycles. The maximum absolute atomic E-state index is 6.47. The summed E-state index contributed by atoms with van der Waals surface area (Å²) in [7, 11) is 0. The lowest BCUT2D eigenvalue weighted by Gasteiger charge is -2.59. The quantitative estimate of drug-likeness (QED) is 0.689. The Labute approximate surface area is 124 Å². The van der Waals surface area contributed by atoms with E-state index < -0.39 is 5.79 Å². The van der Waals surface area contributed by atoms with Crippen LogP contribution in [0.2, 0.25) is 0 Å². The minimum atomic E-state index is -0.437. The molecule has 2 nitrogen and oxygen atoms in total. The summed E-state index contributed by atoms with van der Waals surface area (Å²) < 4.78 is 12.8. The van der Waals surface area contributed by atoms with E-state index in [2.05, 4.69) is 48.5 Å². The molecule has 0 unspecified atom stereocenters. The largest absolute Gasteiger partial charge is 0.344 e. The Kier molecular flexibility index (Phi) is 2.98. The van der Waals surface area contributed by atoms with Gasteiger partial charge in [-0.15, -0.1) is 0 Å². The highest BCUT2D eigenvalue weighted by Crippen LogP contribution is 2.69. The number of hydrogen-bond acceptors (Lipinski definition) is 2. The minimum absolute atomic E-state index is 0.149. The van der Waals surface area contributed by atoms with E-state index >= 15 is 0 Å². The molecule has 116 valence electrons. The normalized spacial score (nSPS) is 52.6. The highest BCUT2D eigenvalue weighted by molar-refractivity contribution is 5.17. The highest BCUT2D eigenvalue weighted by Gasteiger charge is 2.69. The summed E-state index contributed by atoms with van der Waals surface area (Å²) in [5, 5.41) is 0. The van der Waals surface area contributed by atoms with E-state index in [0.29, 0.717) is 5.41 Å². The van der Waals surface area contributed by atoms with Gasteiger partial charge in [0.1, 0.15) is 5.60 Å². The molecule has 3 rings (SSSR count). The number of hydrogen-bond donors (Lipinski definition) is 0. The second-order valence-electron chi connectivity index (χ2n) is 8.76. The Hall–Kier alpha value is -0.0800. The van der Waals surface area contributed by atoms with Crippen molar-refractivity contribution in [1.82, 2.24) is 0 Å². The summed E-state index contributed by atoms with van der Waals surface area (Å²) in [5.74, 6) is 1.13. The standard InChI is InChI=1S/C18H32O2/c1-8-18-11-14-17(7,20-16(5,6)19-14)15(3,4)13(18)10-9-12(18)2/h12-14H,8-11H2,1-7H3/t12-,13-,14-,17-,18+/m0/s1. The van der Waals surface area contributed by atoms with Crippen LogP contribution in [0, 0.1) is 22.7 Å². The van der Waals surface area contributed by atoms with Gasteiger partial charge in [-0.05, 0) is 69.1 Å². The van der Waals surface area contributed by atoms with Gasteiger partial charge < -0.3 is 9.47 Å². The molecule has 0 amide bonds. The summed E-state index contributed by atoms with van der Waals surface area (Å²) in [6.45, 7) is 16.1. The van der Waals surface area contributed by atoms with Crippen LogP contribution in [0.25, 0.3) is 0 Å². The molecule has 0 N–H and O–H groups in total. The lowest BCUT2D eigenvalue weighted by Crippen LogP contribution is -2.62. The van der Waals surface area contributed by atoms with Crippen LogP contribution < -0.4 is 0 Å². The number of rotatable bonds is 1. The van der Waals surface area contributed by atoms with Crippen molar-refractivity contribution in [2.45, 2.75) is 91.6 Å². The zero-order valence-corrected chi connectivity index (χ0v) is 14.4. The molecule has 1 saturated heterocycles. The lowest BCUT2D eigenvalue weighted by molar-refractivity contribution is -0.203. The van der Waals surface area contributed by atoms with Crippen molar-refractivity contribution in [3.8, 4) is 0 Å². The maximum atomic E-state index is 6.47. The topological polar surface area (TPSA) is 18.5 Å². The van der Waals surface area contributed by atoms with Gasteiger partial charge in [-0.25, -0.2) is 0 Å². The molecule has 0 aromatic heterocycles. The third-order valence-electron chi connectivity index (χ3n) is 7.44. The van der Waals surface area contributed by atoms with Gasteiger partial charge in [0, 0.05) is 0 Å². The van der Waals surface area contributed by atoms with Crippen LogP contribution >= 0.6 is 0 Å². The second kappa shape index (κ2) is 4.01. The van der Waals surface area contributed by atoms with Gasteiger partial charge in [-0.1, -0.05) is 27.7 Å². The van der Waals surface area contributed by atoms with E-state index in [9.17, 15) is 0 Å². The summed E-state index contributed by atoms with van der Waals surface area (Å²) in [6.07, 6.45) is 5.42. The van der Waals surface area contributed by atoms with Crippen LogP contribution in [0.5, 0.6) is 0 Å². The van der Waals surface area contributed by atoms with Gasteiger partial charge in [0.2, 0.25) is 0 Å². The van der Waals surface area contributed by atoms with Crippen molar-refractivity contribution < 1.29 is 9.47 Å². The van der Waals surface area contributed by atoms with Gasteiger partial charge in [0.05, 0.1) is 6.10 Å². The monoisotopic (exact) mass is 280 g/mol. The number of fused-ring (bicyclic) bond motifs is 2. The fourth-order valence-corrected chi connectivity index (χ4v) is 6.03. The molecule has 0 aromatic carbocycles. The molecule has 2 saturated carbocycles. The summed E-state index contributed by atoms with van der Waals surface area (Å²) in [4.78, 5) is 0. The Balaban J connectivity index is 2.07. The Morgan fingerprint density at radius 2 is 1.70 bits per heavy atom. The highest BCUT2D eigenvalue weighted by atomic mass is 16.8. The van der Waals surface area contributed by atoms with Crippen LogP contribution in [0.15, 0.2) is 0 Å². The predicted octanol–water partition coefficient (Wildman–Crippen LogP) is 4.77. The van der Waals surface area contributed by atoms with Crippen molar-refractivity contribution in [1.29, 1.82) is 0 Å². The third-order valence-corrected chi connectivity index (χ3v) is 7.44. The van der Waals surface area contributed by atoms with Crippen molar-refractivity contribution in [2.24, 2.45) is 22.7 Å². The first kappa shape index (κ1) is 14.8. The fourth-order valence-electron chi connectivity index (χ4n) is 6.03. The van der Waals surface area contributed by atoms with E-state index in [1.165, 1.54) is 25.7 Å². The molecule has 2 heteroatoms. The van der Waals surface area contributed by atoms with Gasteiger partial charge in [0.15, 0.2) is 5.79 Å². The van der Waals surface area contributed by atoms with Crippen molar-refractivity contribution in [2.75, 3.05) is 0 Å². The first-order valence-corrected chi connectivity index (χ1v) is 8.47. The second-order valence-corrected chi connectivity index (χ2v) is 8.76. The van der Waals surface area contributed by atoms with Crippen molar-refractivity contribution >= 4 is 0 Å². The van der Waals surface area contributed by atoms with Crippen LogP contribution in [0.3, 0.4) is 0 Å². The zero-order chi connectivity index (χ0) is 15.0. The Bertz CT molecular complexity index is 414. The van der Waals surface area contributed by atoms with E-state index in [1.54, 1.807) is 0 Å². The Morgan fingerprint density at radius 1 is 1.05 bits per heavy atom. The fraction of sp³-hybridized carbons (Fsp3) is 1.00. The molecule has 5 atom stereocenters. The summed E-state index contributed by atoms with van der Waals surface area (Å²) in [6, 6.07) is 0. The number of ether oxygens (including phenoxy) is 2. The van der Waals surface area contributed by atoms with Crippen molar-refractivity contribution in [3.63, 3.8) is 0 Å². The molecule has 1 heterocycles.